The molecule has 0 aromatic carbocycles. The molecule has 1 saturated heterocycles. The van der Waals surface area contributed by atoms with Gasteiger partial charge in [-0.05, 0) is 25.0 Å². The van der Waals surface area contributed by atoms with E-state index in [1.165, 1.54) is 18.6 Å². The highest BCUT2D eigenvalue weighted by Gasteiger charge is 2.36. The van der Waals surface area contributed by atoms with Crippen molar-refractivity contribution < 1.29 is 14.6 Å². The van der Waals surface area contributed by atoms with Crippen molar-refractivity contribution in [3.8, 4) is 0 Å². The number of halogens is 1. The van der Waals surface area contributed by atoms with Crippen LogP contribution in [-0.4, -0.2) is 41.4 Å². The van der Waals surface area contributed by atoms with Crippen molar-refractivity contribution in [2.75, 3.05) is 18.1 Å². The number of carbonyl (C=O) groups is 1. The summed E-state index contributed by atoms with van der Waals surface area (Å²) in [5.41, 5.74) is 0.209. The Labute approximate surface area is 122 Å². The second-order valence-corrected chi connectivity index (χ2v) is 5.65. The molecule has 108 valence electrons. The molecule has 6 heteroatoms. The molecule has 2 fully saturated rings. The van der Waals surface area contributed by atoms with Gasteiger partial charge in [0.05, 0.1) is 18.8 Å². The molecule has 2 aliphatic rings. The third-order valence-corrected chi connectivity index (χ3v) is 4.29. The molecule has 1 aliphatic carbocycles. The minimum absolute atomic E-state index is 0.180. The number of aromatic nitrogens is 1. The van der Waals surface area contributed by atoms with Gasteiger partial charge in [0.2, 0.25) is 0 Å². The maximum absolute atomic E-state index is 11.4. The molecule has 20 heavy (non-hydrogen) atoms. The van der Waals surface area contributed by atoms with Crippen molar-refractivity contribution in [1.82, 2.24) is 4.98 Å². The topological polar surface area (TPSA) is 62.7 Å². The lowest BCUT2D eigenvalue weighted by Gasteiger charge is -2.44. The molecule has 1 aromatic rings. The third-order valence-electron chi connectivity index (χ3n) is 4.08. The molecule has 5 nitrogen and oxygen atoms in total. The first-order chi connectivity index (χ1) is 9.66. The third kappa shape index (κ3) is 2.47. The summed E-state index contributed by atoms with van der Waals surface area (Å²) < 4.78 is 5.81. The summed E-state index contributed by atoms with van der Waals surface area (Å²) in [7, 11) is 0. The van der Waals surface area contributed by atoms with E-state index in [0.29, 0.717) is 24.1 Å². The first-order valence-electron chi connectivity index (χ1n) is 6.95. The van der Waals surface area contributed by atoms with Crippen molar-refractivity contribution in [3.63, 3.8) is 0 Å². The second kappa shape index (κ2) is 5.58. The van der Waals surface area contributed by atoms with E-state index in [1.54, 1.807) is 0 Å². The number of pyridine rings is 1. The summed E-state index contributed by atoms with van der Waals surface area (Å²) in [4.78, 5) is 17.7. The average molecular weight is 297 g/mol. The van der Waals surface area contributed by atoms with Gasteiger partial charge in [-0.15, -0.1) is 0 Å². The fourth-order valence-electron chi connectivity index (χ4n) is 3.17. The molecular formula is C14H17ClN2O3. The molecule has 2 atom stereocenters. The highest BCUT2D eigenvalue weighted by Crippen LogP contribution is 2.33. The van der Waals surface area contributed by atoms with E-state index in [2.05, 4.69) is 9.88 Å². The van der Waals surface area contributed by atoms with Gasteiger partial charge in [0, 0.05) is 6.54 Å². The van der Waals surface area contributed by atoms with Crippen LogP contribution in [0.25, 0.3) is 0 Å². The zero-order valence-corrected chi connectivity index (χ0v) is 11.8. The standard InChI is InChI=1S/C14H17ClN2O3/c15-12-6-5-9(14(18)19)13(16-12)17-7-8-20-11-4-2-1-3-10(11)17/h5-6,10-11H,1-4,7-8H2,(H,18,19). The van der Waals surface area contributed by atoms with Gasteiger partial charge in [-0.2, -0.15) is 0 Å². The van der Waals surface area contributed by atoms with E-state index in [4.69, 9.17) is 16.3 Å². The summed E-state index contributed by atoms with van der Waals surface area (Å²) in [6.45, 7) is 1.27. The minimum Gasteiger partial charge on any atom is -0.478 e. The van der Waals surface area contributed by atoms with Crippen LogP contribution >= 0.6 is 11.6 Å². The van der Waals surface area contributed by atoms with Crippen molar-refractivity contribution in [3.05, 3.63) is 22.8 Å². The monoisotopic (exact) mass is 296 g/mol. The van der Waals surface area contributed by atoms with Gasteiger partial charge in [-0.3, -0.25) is 0 Å². The van der Waals surface area contributed by atoms with E-state index in [0.717, 1.165) is 19.3 Å². The van der Waals surface area contributed by atoms with Crippen LogP contribution in [0.15, 0.2) is 12.1 Å². The number of aromatic carboxylic acids is 1. The van der Waals surface area contributed by atoms with Crippen LogP contribution in [0.3, 0.4) is 0 Å². The predicted molar refractivity (Wildman–Crippen MR) is 75.5 cm³/mol. The predicted octanol–water partition coefficient (Wildman–Crippen LogP) is 2.58. The highest BCUT2D eigenvalue weighted by atomic mass is 35.5. The minimum atomic E-state index is -0.969. The van der Waals surface area contributed by atoms with Gasteiger partial charge in [-0.1, -0.05) is 24.4 Å². The van der Waals surface area contributed by atoms with Gasteiger partial charge >= 0.3 is 5.97 Å². The van der Waals surface area contributed by atoms with E-state index in [9.17, 15) is 9.90 Å². The number of carboxylic acids is 1. The lowest BCUT2D eigenvalue weighted by atomic mass is 9.90. The Hall–Kier alpha value is -1.33. The van der Waals surface area contributed by atoms with Crippen molar-refractivity contribution in [2.45, 2.75) is 37.8 Å². The van der Waals surface area contributed by atoms with Crippen molar-refractivity contribution >= 4 is 23.4 Å². The summed E-state index contributed by atoms with van der Waals surface area (Å²) in [5, 5.41) is 9.67. The zero-order chi connectivity index (χ0) is 14.1. The quantitative estimate of drug-likeness (QED) is 0.850. The van der Waals surface area contributed by atoms with Gasteiger partial charge in [0.15, 0.2) is 0 Å². The normalized spacial score (nSPS) is 26.1. The molecule has 3 rings (SSSR count). The average Bonchev–Trinajstić information content (AvgIpc) is 2.46. The highest BCUT2D eigenvalue weighted by molar-refractivity contribution is 6.29. The summed E-state index contributed by atoms with van der Waals surface area (Å²) in [6, 6.07) is 3.26. The van der Waals surface area contributed by atoms with Crippen molar-refractivity contribution in [1.29, 1.82) is 0 Å². The van der Waals surface area contributed by atoms with E-state index >= 15 is 0 Å². The molecule has 0 spiro atoms. The molecule has 0 amide bonds. The van der Waals surface area contributed by atoms with Crippen LogP contribution in [-0.2, 0) is 4.74 Å². The van der Waals surface area contributed by atoms with Crippen LogP contribution in [0.2, 0.25) is 5.15 Å². The summed E-state index contributed by atoms with van der Waals surface area (Å²) in [6.07, 6.45) is 4.54. The smallest absolute Gasteiger partial charge is 0.339 e. The Morgan fingerprint density at radius 1 is 1.40 bits per heavy atom. The fourth-order valence-corrected chi connectivity index (χ4v) is 3.31. The lowest BCUT2D eigenvalue weighted by Crippen LogP contribution is -2.53. The number of rotatable bonds is 2. The number of fused-ring (bicyclic) bond motifs is 1. The molecule has 1 aliphatic heterocycles. The molecule has 0 bridgehead atoms. The van der Waals surface area contributed by atoms with E-state index < -0.39 is 5.97 Å². The number of hydrogen-bond acceptors (Lipinski definition) is 4. The SMILES string of the molecule is O=C(O)c1ccc(Cl)nc1N1CCOC2CCCCC21. The Balaban J connectivity index is 1.98. The fraction of sp³-hybridized carbons (Fsp3) is 0.571. The van der Waals surface area contributed by atoms with Gasteiger partial charge in [-0.25, -0.2) is 9.78 Å². The van der Waals surface area contributed by atoms with E-state index in [-0.39, 0.29) is 17.7 Å². The van der Waals surface area contributed by atoms with Crippen LogP contribution in [0, 0.1) is 0 Å². The number of morpholine rings is 1. The Morgan fingerprint density at radius 3 is 3.00 bits per heavy atom. The molecule has 2 heterocycles. The lowest BCUT2D eigenvalue weighted by molar-refractivity contribution is -0.00909. The Morgan fingerprint density at radius 2 is 2.20 bits per heavy atom. The van der Waals surface area contributed by atoms with Gasteiger partial charge in [0.25, 0.3) is 0 Å². The molecular weight excluding hydrogens is 280 g/mol. The van der Waals surface area contributed by atoms with Crippen LogP contribution < -0.4 is 4.90 Å². The number of nitrogens with zero attached hydrogens (tertiary/aromatic N) is 2. The Bertz CT molecular complexity index is 521. The molecule has 0 radical (unpaired) electrons. The molecule has 1 saturated carbocycles. The maximum atomic E-state index is 11.4. The largest absolute Gasteiger partial charge is 0.478 e. The van der Waals surface area contributed by atoms with Crippen LogP contribution in [0.1, 0.15) is 36.0 Å². The van der Waals surface area contributed by atoms with Gasteiger partial charge < -0.3 is 14.7 Å². The molecule has 2 unspecified atom stereocenters. The van der Waals surface area contributed by atoms with Crippen LogP contribution in [0.5, 0.6) is 0 Å². The molecule has 1 aromatic heterocycles. The first-order valence-corrected chi connectivity index (χ1v) is 7.32. The summed E-state index contributed by atoms with van der Waals surface area (Å²) in [5.74, 6) is -0.492. The van der Waals surface area contributed by atoms with Crippen molar-refractivity contribution in [2.24, 2.45) is 0 Å². The second-order valence-electron chi connectivity index (χ2n) is 5.26. The maximum Gasteiger partial charge on any atom is 0.339 e. The number of carboxylic acid groups (broad SMARTS) is 1. The first kappa shape index (κ1) is 13.6. The summed E-state index contributed by atoms with van der Waals surface area (Å²) >= 11 is 5.95. The van der Waals surface area contributed by atoms with E-state index in [1.807, 2.05) is 0 Å². The number of hydrogen-bond donors (Lipinski definition) is 1. The number of anilines is 1. The molecule has 1 N–H and O–H groups in total. The number of ether oxygens (including phenoxy) is 1. The van der Waals surface area contributed by atoms with Gasteiger partial charge in [0.1, 0.15) is 16.5 Å². The zero-order valence-electron chi connectivity index (χ0n) is 11.1. The van der Waals surface area contributed by atoms with Crippen LogP contribution in [0.4, 0.5) is 5.82 Å². The Kier molecular flexibility index (Phi) is 3.81.